The van der Waals surface area contributed by atoms with Crippen molar-refractivity contribution in [1.29, 1.82) is 0 Å². The van der Waals surface area contributed by atoms with Gasteiger partial charge in [-0.15, -0.1) is 5.06 Å². The highest BCUT2D eigenvalue weighted by Gasteiger charge is 2.14. The Labute approximate surface area is 105 Å². The van der Waals surface area contributed by atoms with Gasteiger partial charge in [-0.1, -0.05) is 24.1 Å². The highest BCUT2D eigenvalue weighted by Crippen LogP contribution is 2.15. The molecule has 0 saturated carbocycles. The van der Waals surface area contributed by atoms with Crippen LogP contribution < -0.4 is 5.32 Å². The number of nitrogens with zero attached hydrogens (tertiary/aromatic N) is 1. The third kappa shape index (κ3) is 3.91. The van der Waals surface area contributed by atoms with Crippen molar-refractivity contribution in [3.8, 4) is 0 Å². The number of hydroxylamine groups is 2. The second-order valence-corrected chi connectivity index (χ2v) is 4.44. The molecule has 17 heavy (non-hydrogen) atoms. The molecule has 1 heterocycles. The van der Waals surface area contributed by atoms with E-state index in [1.54, 1.807) is 29.3 Å². The van der Waals surface area contributed by atoms with Crippen LogP contribution in [0.3, 0.4) is 0 Å². The standard InChI is InChI=1S/C12H15ClN2O2/c13-10-5-4-6-11(9-10)14-12(16)17-15-7-2-1-3-8-15/h4-6,9H,1-3,7-8H2,(H,14,16). The summed E-state index contributed by atoms with van der Waals surface area (Å²) in [7, 11) is 0. The van der Waals surface area contributed by atoms with E-state index in [2.05, 4.69) is 5.32 Å². The molecule has 1 aromatic carbocycles. The molecule has 0 aliphatic carbocycles. The maximum Gasteiger partial charge on any atom is 0.430 e. The summed E-state index contributed by atoms with van der Waals surface area (Å²) in [5.41, 5.74) is 0.638. The van der Waals surface area contributed by atoms with Crippen LogP contribution in [0.4, 0.5) is 10.5 Å². The van der Waals surface area contributed by atoms with Crippen molar-refractivity contribution in [2.75, 3.05) is 18.4 Å². The Bertz CT molecular complexity index is 392. The third-order valence-electron chi connectivity index (χ3n) is 2.60. The maximum absolute atomic E-state index is 11.6. The Hall–Kier alpha value is -1.26. The van der Waals surface area contributed by atoms with Gasteiger partial charge in [-0.25, -0.2) is 4.79 Å². The van der Waals surface area contributed by atoms with Crippen LogP contribution in [0, 0.1) is 0 Å². The summed E-state index contributed by atoms with van der Waals surface area (Å²) in [5, 5.41) is 4.92. The molecular formula is C12H15ClN2O2. The van der Waals surface area contributed by atoms with E-state index < -0.39 is 6.09 Å². The normalized spacial score (nSPS) is 16.5. The number of amides is 1. The molecule has 0 bridgehead atoms. The fourth-order valence-corrected chi connectivity index (χ4v) is 1.97. The maximum atomic E-state index is 11.6. The number of piperidine rings is 1. The first-order valence-electron chi connectivity index (χ1n) is 5.73. The fraction of sp³-hybridized carbons (Fsp3) is 0.417. The number of halogens is 1. The fourth-order valence-electron chi connectivity index (χ4n) is 1.78. The van der Waals surface area contributed by atoms with E-state index in [4.69, 9.17) is 16.4 Å². The zero-order valence-electron chi connectivity index (χ0n) is 9.49. The highest BCUT2D eigenvalue weighted by atomic mass is 35.5. The minimum Gasteiger partial charge on any atom is -0.351 e. The number of anilines is 1. The molecule has 92 valence electrons. The largest absolute Gasteiger partial charge is 0.430 e. The summed E-state index contributed by atoms with van der Waals surface area (Å²) in [6.45, 7) is 1.62. The molecule has 4 nitrogen and oxygen atoms in total. The summed E-state index contributed by atoms with van der Waals surface area (Å²) >= 11 is 5.82. The van der Waals surface area contributed by atoms with Crippen LogP contribution in [0.5, 0.6) is 0 Å². The van der Waals surface area contributed by atoms with Crippen LogP contribution >= 0.6 is 11.6 Å². The lowest BCUT2D eigenvalue weighted by molar-refractivity contribution is -0.105. The van der Waals surface area contributed by atoms with E-state index in [0.29, 0.717) is 10.7 Å². The smallest absolute Gasteiger partial charge is 0.351 e. The zero-order chi connectivity index (χ0) is 12.1. The summed E-state index contributed by atoms with van der Waals surface area (Å²) in [4.78, 5) is 16.7. The van der Waals surface area contributed by atoms with Crippen LogP contribution in [0.15, 0.2) is 24.3 Å². The van der Waals surface area contributed by atoms with Gasteiger partial charge in [-0.2, -0.15) is 0 Å². The van der Waals surface area contributed by atoms with Crippen LogP contribution in [-0.2, 0) is 4.84 Å². The number of carbonyl (C=O) groups excluding carboxylic acids is 1. The van der Waals surface area contributed by atoms with Gasteiger partial charge in [0.25, 0.3) is 0 Å². The molecule has 1 aliphatic heterocycles. The first-order chi connectivity index (χ1) is 8.24. The molecule has 2 rings (SSSR count). The molecule has 0 radical (unpaired) electrons. The summed E-state index contributed by atoms with van der Waals surface area (Å²) in [6, 6.07) is 6.98. The minimum absolute atomic E-state index is 0.464. The first-order valence-corrected chi connectivity index (χ1v) is 6.11. The SMILES string of the molecule is O=C(Nc1cccc(Cl)c1)ON1CCCCC1. The molecule has 1 aromatic rings. The lowest BCUT2D eigenvalue weighted by Crippen LogP contribution is -2.34. The predicted octanol–water partition coefficient (Wildman–Crippen LogP) is 3.29. The number of nitrogens with one attached hydrogen (secondary N) is 1. The van der Waals surface area contributed by atoms with Crippen molar-refractivity contribution in [2.24, 2.45) is 0 Å². The Balaban J connectivity index is 1.84. The molecular weight excluding hydrogens is 240 g/mol. The van der Waals surface area contributed by atoms with Crippen LogP contribution in [0.1, 0.15) is 19.3 Å². The van der Waals surface area contributed by atoms with E-state index in [1.165, 1.54) is 6.42 Å². The monoisotopic (exact) mass is 254 g/mol. The van der Waals surface area contributed by atoms with E-state index >= 15 is 0 Å². The van der Waals surface area contributed by atoms with Crippen molar-refractivity contribution < 1.29 is 9.63 Å². The zero-order valence-corrected chi connectivity index (χ0v) is 10.2. The third-order valence-corrected chi connectivity index (χ3v) is 2.83. The number of rotatable bonds is 2. The average Bonchev–Trinajstić information content (AvgIpc) is 2.30. The second kappa shape index (κ2) is 5.89. The van der Waals surface area contributed by atoms with E-state index in [0.717, 1.165) is 25.9 Å². The molecule has 0 spiro atoms. The highest BCUT2D eigenvalue weighted by molar-refractivity contribution is 6.30. The number of hydrogen-bond acceptors (Lipinski definition) is 3. The van der Waals surface area contributed by atoms with Crippen molar-refractivity contribution in [3.63, 3.8) is 0 Å². The van der Waals surface area contributed by atoms with Gasteiger partial charge in [0.15, 0.2) is 0 Å². The van der Waals surface area contributed by atoms with Crippen LogP contribution in [-0.4, -0.2) is 24.2 Å². The molecule has 0 unspecified atom stereocenters. The van der Waals surface area contributed by atoms with Gasteiger partial charge < -0.3 is 4.84 Å². The first kappa shape index (κ1) is 12.2. The van der Waals surface area contributed by atoms with Gasteiger partial charge >= 0.3 is 6.09 Å². The van der Waals surface area contributed by atoms with Crippen molar-refractivity contribution >= 4 is 23.4 Å². The molecule has 0 aromatic heterocycles. The number of benzene rings is 1. The van der Waals surface area contributed by atoms with Crippen molar-refractivity contribution in [3.05, 3.63) is 29.3 Å². The van der Waals surface area contributed by atoms with E-state index in [-0.39, 0.29) is 0 Å². The van der Waals surface area contributed by atoms with Crippen LogP contribution in [0.25, 0.3) is 0 Å². The predicted molar refractivity (Wildman–Crippen MR) is 67.0 cm³/mol. The van der Waals surface area contributed by atoms with E-state index in [9.17, 15) is 4.79 Å². The van der Waals surface area contributed by atoms with Gasteiger partial charge in [0.05, 0.1) is 0 Å². The number of hydrogen-bond donors (Lipinski definition) is 1. The molecule has 1 N–H and O–H groups in total. The Morgan fingerprint density at radius 2 is 2.06 bits per heavy atom. The minimum atomic E-state index is -0.464. The molecule has 1 saturated heterocycles. The van der Waals surface area contributed by atoms with Crippen molar-refractivity contribution in [2.45, 2.75) is 19.3 Å². The molecule has 0 atom stereocenters. The van der Waals surface area contributed by atoms with Crippen LogP contribution in [0.2, 0.25) is 5.02 Å². The lowest BCUT2D eigenvalue weighted by atomic mass is 10.2. The molecule has 1 aliphatic rings. The Kier molecular flexibility index (Phi) is 4.23. The van der Waals surface area contributed by atoms with Gasteiger partial charge in [0, 0.05) is 23.8 Å². The van der Waals surface area contributed by atoms with E-state index in [1.807, 2.05) is 0 Å². The molecule has 5 heteroatoms. The second-order valence-electron chi connectivity index (χ2n) is 4.00. The summed E-state index contributed by atoms with van der Waals surface area (Å²) in [5.74, 6) is 0. The van der Waals surface area contributed by atoms with Gasteiger partial charge in [0.2, 0.25) is 0 Å². The molecule has 1 fully saturated rings. The van der Waals surface area contributed by atoms with Gasteiger partial charge in [-0.05, 0) is 31.0 Å². The van der Waals surface area contributed by atoms with Gasteiger partial charge in [-0.3, -0.25) is 5.32 Å². The summed E-state index contributed by atoms with van der Waals surface area (Å²) in [6.07, 6.45) is 2.89. The Morgan fingerprint density at radius 3 is 2.76 bits per heavy atom. The lowest BCUT2D eigenvalue weighted by Gasteiger charge is -2.24. The van der Waals surface area contributed by atoms with Crippen molar-refractivity contribution in [1.82, 2.24) is 5.06 Å². The quantitative estimate of drug-likeness (QED) is 0.881. The average molecular weight is 255 g/mol. The Morgan fingerprint density at radius 1 is 1.29 bits per heavy atom. The molecule has 1 amide bonds. The van der Waals surface area contributed by atoms with Gasteiger partial charge in [0.1, 0.15) is 0 Å². The summed E-state index contributed by atoms with van der Waals surface area (Å²) < 4.78 is 0. The number of carbonyl (C=O) groups is 1. The topological polar surface area (TPSA) is 41.6 Å².